The van der Waals surface area contributed by atoms with Crippen LogP contribution in [0, 0.1) is 0 Å². The molecule has 4 nitrogen and oxygen atoms in total. The van der Waals surface area contributed by atoms with Gasteiger partial charge in [-0.2, -0.15) is 8.42 Å². The van der Waals surface area contributed by atoms with Crippen LogP contribution < -0.4 is 0 Å². The topological polar surface area (TPSA) is 74.6 Å². The van der Waals surface area contributed by atoms with Crippen molar-refractivity contribution < 1.29 is 17.5 Å². The van der Waals surface area contributed by atoms with E-state index >= 15 is 0 Å². The molecule has 2 N–H and O–H groups in total. The van der Waals surface area contributed by atoms with Crippen LogP contribution in [0.15, 0.2) is 0 Å². The van der Waals surface area contributed by atoms with Crippen molar-refractivity contribution in [1.82, 2.24) is 0 Å². The maximum absolute atomic E-state index is 8.74. The van der Waals surface area contributed by atoms with Crippen molar-refractivity contribution in [3.63, 3.8) is 0 Å². The molecule has 0 aromatic rings. The second kappa shape index (κ2) is 5.02. The van der Waals surface area contributed by atoms with Gasteiger partial charge in [0, 0.05) is 0 Å². The molecule has 0 saturated carbocycles. The molecule has 0 amide bonds. The molecule has 0 spiro atoms. The third kappa shape index (κ3) is 215. The van der Waals surface area contributed by atoms with Crippen LogP contribution >= 0.6 is 0 Å². The van der Waals surface area contributed by atoms with Crippen molar-refractivity contribution in [2.75, 3.05) is 0 Å². The van der Waals surface area contributed by atoms with Gasteiger partial charge in [0.25, 0.3) is 0 Å². The minimum absolute atomic E-state index is 1.31. The zero-order valence-electron chi connectivity index (χ0n) is 4.12. The summed E-state index contributed by atoms with van der Waals surface area (Å²) >= 11 is 1.31. The first kappa shape index (κ1) is 10.8. The summed E-state index contributed by atoms with van der Waals surface area (Å²) in [5.74, 6) is 0. The fraction of sp³-hybridized carbons (Fsp3) is 1.00. The fourth-order valence-electron chi connectivity index (χ4n) is 0. The first-order valence-electron chi connectivity index (χ1n) is 1.70. The van der Waals surface area contributed by atoms with Gasteiger partial charge in [-0.3, -0.25) is 9.11 Å². The summed E-state index contributed by atoms with van der Waals surface area (Å²) < 4.78 is 33.7. The Hall–Kier alpha value is 0.870. The van der Waals surface area contributed by atoms with Crippen LogP contribution in [0.2, 0.25) is 4.17 Å². The van der Waals surface area contributed by atoms with Gasteiger partial charge in [0.05, 0.1) is 0 Å². The van der Waals surface area contributed by atoms with E-state index in [9.17, 15) is 0 Å². The molecular weight excluding hydrogens is 131 g/mol. The molecule has 0 aliphatic rings. The molecule has 40 valence electrons. The average molecular weight is 136 g/mol. The average Bonchev–Trinajstić information content (AvgIpc) is 1.36. The van der Waals surface area contributed by atoms with Crippen molar-refractivity contribution in [1.29, 1.82) is 0 Å². The van der Waals surface area contributed by atoms with Gasteiger partial charge >= 0.3 is 42.5 Å². The molecule has 0 atom stereocenters. The predicted molar refractivity (Wildman–Crippen MR) is 25.8 cm³/mol. The van der Waals surface area contributed by atoms with Crippen LogP contribution in [0.1, 0.15) is 0 Å². The van der Waals surface area contributed by atoms with Gasteiger partial charge in [0.1, 0.15) is 0 Å². The summed E-state index contributed by atoms with van der Waals surface area (Å²) in [6, 6.07) is 0. The molecule has 0 radical (unpaired) electrons. The standard InChI is InChI=1S/CH3.Na.H2O4S/c;;1-5(2,3)4/h1H3;;(H2,1,2,3,4). The van der Waals surface area contributed by atoms with E-state index in [1.54, 1.807) is 0 Å². The first-order chi connectivity index (χ1) is 3.00. The van der Waals surface area contributed by atoms with Crippen LogP contribution in [0.25, 0.3) is 0 Å². The van der Waals surface area contributed by atoms with Gasteiger partial charge in [-0.25, -0.2) is 0 Å². The Kier molecular flexibility index (Phi) is 7.72. The van der Waals surface area contributed by atoms with Crippen molar-refractivity contribution >= 4 is 38.3 Å². The molecule has 0 aromatic heterocycles. The van der Waals surface area contributed by atoms with Gasteiger partial charge in [-0.05, 0) is 0 Å². The number of rotatable bonds is 0. The molecule has 0 fully saturated rings. The molecule has 6 heteroatoms. The maximum atomic E-state index is 8.74. The predicted octanol–water partition coefficient (Wildman–Crippen LogP) is -0.450. The molecule has 7 heavy (non-hydrogen) atoms. The van der Waals surface area contributed by atoms with Gasteiger partial charge in [0.2, 0.25) is 0 Å². The second-order valence-corrected chi connectivity index (χ2v) is 1.34. The Morgan fingerprint density at radius 3 is 1.29 bits per heavy atom. The van der Waals surface area contributed by atoms with E-state index < -0.39 is 10.4 Å². The van der Waals surface area contributed by atoms with E-state index in [0.29, 0.717) is 0 Å². The SMILES string of the molecule is O=S(=O)(O)O.[CH3][Na]. The molecular formula is CH5NaO4S. The van der Waals surface area contributed by atoms with E-state index in [4.69, 9.17) is 17.5 Å². The van der Waals surface area contributed by atoms with Crippen LogP contribution in [-0.2, 0) is 10.4 Å². The minimum atomic E-state index is -4.67. The Morgan fingerprint density at radius 2 is 1.29 bits per heavy atom. The van der Waals surface area contributed by atoms with Gasteiger partial charge in [0.15, 0.2) is 0 Å². The van der Waals surface area contributed by atoms with E-state index in [1.807, 2.05) is 0 Å². The van der Waals surface area contributed by atoms with Crippen LogP contribution in [0.5, 0.6) is 0 Å². The van der Waals surface area contributed by atoms with Crippen LogP contribution in [0.4, 0.5) is 0 Å². The Bertz CT molecular complexity index is 94.9. The Balaban J connectivity index is 0. The third-order valence-electron chi connectivity index (χ3n) is 0. The van der Waals surface area contributed by atoms with Crippen molar-refractivity contribution in [3.8, 4) is 0 Å². The first-order valence-corrected chi connectivity index (χ1v) is 5.10. The summed E-state index contributed by atoms with van der Waals surface area (Å²) in [6.07, 6.45) is 0. The fourth-order valence-corrected chi connectivity index (χ4v) is 0. The second-order valence-electron chi connectivity index (χ2n) is 0.448. The van der Waals surface area contributed by atoms with E-state index in [1.165, 1.54) is 27.9 Å². The van der Waals surface area contributed by atoms with Gasteiger partial charge < -0.3 is 0 Å². The van der Waals surface area contributed by atoms with E-state index in [2.05, 4.69) is 4.17 Å². The van der Waals surface area contributed by atoms with Gasteiger partial charge in [-0.1, -0.05) is 0 Å². The van der Waals surface area contributed by atoms with Crippen molar-refractivity contribution in [3.05, 3.63) is 0 Å². The quantitative estimate of drug-likeness (QED) is 0.349. The van der Waals surface area contributed by atoms with Crippen molar-refractivity contribution in [2.45, 2.75) is 4.17 Å². The molecule has 0 aliphatic heterocycles. The van der Waals surface area contributed by atoms with Crippen molar-refractivity contribution in [2.24, 2.45) is 0 Å². The summed E-state index contributed by atoms with van der Waals surface area (Å²) in [4.78, 5) is 0. The van der Waals surface area contributed by atoms with Crippen LogP contribution in [0.3, 0.4) is 0 Å². The van der Waals surface area contributed by atoms with E-state index in [-0.39, 0.29) is 0 Å². The van der Waals surface area contributed by atoms with Crippen LogP contribution in [-0.4, -0.2) is 45.5 Å². The zero-order chi connectivity index (χ0) is 6.50. The van der Waals surface area contributed by atoms with Gasteiger partial charge in [-0.15, -0.1) is 0 Å². The molecule has 0 aliphatic carbocycles. The Labute approximate surface area is 59.9 Å². The summed E-state index contributed by atoms with van der Waals surface area (Å²) in [7, 11) is -4.67. The molecule has 0 aromatic carbocycles. The molecule has 0 rings (SSSR count). The monoisotopic (exact) mass is 136 g/mol. The third-order valence-corrected chi connectivity index (χ3v) is 0. The summed E-state index contributed by atoms with van der Waals surface area (Å²) in [6.45, 7) is 0. The normalized spacial score (nSPS) is 9.29. The number of hydrogen-bond acceptors (Lipinski definition) is 2. The summed E-state index contributed by atoms with van der Waals surface area (Å²) in [5.41, 5.74) is 0. The molecule has 0 saturated heterocycles. The van der Waals surface area contributed by atoms with E-state index in [0.717, 1.165) is 0 Å². The molecule has 0 heterocycles. The Morgan fingerprint density at radius 1 is 1.29 bits per heavy atom. The zero-order valence-corrected chi connectivity index (χ0v) is 6.94. The molecule has 0 bridgehead atoms. The summed E-state index contributed by atoms with van der Waals surface area (Å²) in [5, 5.41) is 0. The number of hydrogen-bond donors (Lipinski definition) is 2. The molecule has 0 unspecified atom stereocenters.